The predicted octanol–water partition coefficient (Wildman–Crippen LogP) is -0.227. The Morgan fingerprint density at radius 3 is 1.07 bits per heavy atom. The third kappa shape index (κ3) is 31.7. The summed E-state index contributed by atoms with van der Waals surface area (Å²) in [5.41, 5.74) is 0. The van der Waals surface area contributed by atoms with Crippen LogP contribution in [0.25, 0.3) is 0 Å². The highest BCUT2D eigenvalue weighted by Gasteiger charge is 1.77. The molecule has 0 unspecified atom stereocenters. The molecular weight excluding hydrogens is 246 g/mol. The van der Waals surface area contributed by atoms with Crippen molar-refractivity contribution in [3.63, 3.8) is 0 Å². The van der Waals surface area contributed by atoms with E-state index in [1.807, 2.05) is 6.07 Å². The van der Waals surface area contributed by atoms with Gasteiger partial charge in [-0.3, -0.25) is 0 Å². The number of para-hydroxylation sites is 1. The van der Waals surface area contributed by atoms with E-state index in [2.05, 4.69) is 0 Å². The average molecular weight is 258 g/mol. The van der Waals surface area contributed by atoms with Crippen molar-refractivity contribution in [1.29, 1.82) is 0 Å². The van der Waals surface area contributed by atoms with Crippen molar-refractivity contribution in [2.75, 3.05) is 0 Å². The molecule has 15 heavy (non-hydrogen) atoms. The Hall–Kier alpha value is -0.360. The summed E-state index contributed by atoms with van der Waals surface area (Å²) in [6, 6.07) is 8.71. The van der Waals surface area contributed by atoms with Crippen molar-refractivity contribution in [1.82, 2.24) is 0 Å². The minimum atomic E-state index is -2.62. The molecule has 0 fully saturated rings. The lowest BCUT2D eigenvalue weighted by Crippen LogP contribution is -1.56. The van der Waals surface area contributed by atoms with E-state index < -0.39 is 17.2 Å². The van der Waals surface area contributed by atoms with Crippen LogP contribution >= 0.6 is 17.2 Å². The lowest BCUT2D eigenvalue weighted by atomic mass is 10.3. The third-order valence-electron chi connectivity index (χ3n) is 0.756. The van der Waals surface area contributed by atoms with Crippen LogP contribution in [-0.2, 0) is 0 Å². The number of aromatic hydroxyl groups is 1. The van der Waals surface area contributed by atoms with Crippen LogP contribution in [0, 0.1) is 0 Å². The minimum Gasteiger partial charge on any atom is -0.508 e. The lowest BCUT2D eigenvalue weighted by Gasteiger charge is -1.82. The zero-order chi connectivity index (χ0) is 12.3. The molecule has 0 heterocycles. The Morgan fingerprint density at radius 2 is 0.933 bits per heavy atom. The fourth-order valence-electron chi connectivity index (χ4n) is 0.428. The van der Waals surface area contributed by atoms with E-state index in [9.17, 15) is 0 Å². The number of rotatable bonds is 0. The second kappa shape index (κ2) is 11.7. The number of phenolic OH excluding ortho intramolecular Hbond substituents is 1. The van der Waals surface area contributed by atoms with E-state index in [1.54, 1.807) is 24.3 Å². The van der Waals surface area contributed by atoms with Gasteiger partial charge in [0.2, 0.25) is 0 Å². The van der Waals surface area contributed by atoms with Crippen LogP contribution in [0.4, 0.5) is 0 Å². The van der Waals surface area contributed by atoms with Crippen molar-refractivity contribution in [2.45, 2.75) is 0 Å². The molecule has 0 bridgehead atoms. The SMILES string of the molecule is OP(O)O.OP(O)O.Oc1ccccc1. The second-order valence-corrected chi connectivity index (χ2v) is 2.95. The van der Waals surface area contributed by atoms with Crippen LogP contribution in [0.3, 0.4) is 0 Å². The Balaban J connectivity index is 0. The van der Waals surface area contributed by atoms with Crippen molar-refractivity contribution in [3.05, 3.63) is 30.3 Å². The highest BCUT2D eigenvalue weighted by atomic mass is 31.2. The lowest BCUT2D eigenvalue weighted by molar-refractivity contribution is 0.366. The summed E-state index contributed by atoms with van der Waals surface area (Å²) in [6.07, 6.45) is 0. The molecule has 0 saturated heterocycles. The molecular formula is C6H12O7P2. The van der Waals surface area contributed by atoms with E-state index in [1.165, 1.54) is 0 Å². The molecule has 7 N–H and O–H groups in total. The maximum atomic E-state index is 8.63. The van der Waals surface area contributed by atoms with E-state index in [4.69, 9.17) is 34.5 Å². The first kappa shape index (κ1) is 17.0. The molecule has 1 aromatic rings. The van der Waals surface area contributed by atoms with Crippen molar-refractivity contribution < 1.29 is 34.5 Å². The van der Waals surface area contributed by atoms with Gasteiger partial charge in [0.25, 0.3) is 0 Å². The van der Waals surface area contributed by atoms with Gasteiger partial charge >= 0.3 is 17.2 Å². The fourth-order valence-corrected chi connectivity index (χ4v) is 0.428. The largest absolute Gasteiger partial charge is 0.508 e. The Morgan fingerprint density at radius 1 is 0.667 bits per heavy atom. The number of benzene rings is 1. The fraction of sp³-hybridized carbons (Fsp3) is 0. The van der Waals surface area contributed by atoms with Gasteiger partial charge in [0.05, 0.1) is 0 Å². The quantitative estimate of drug-likeness (QED) is 0.319. The zero-order valence-electron chi connectivity index (χ0n) is 7.41. The summed E-state index contributed by atoms with van der Waals surface area (Å²) in [6.45, 7) is 0. The van der Waals surface area contributed by atoms with Crippen molar-refractivity contribution in [3.8, 4) is 5.75 Å². The van der Waals surface area contributed by atoms with Crippen LogP contribution in [0.5, 0.6) is 5.75 Å². The Kier molecular flexibility index (Phi) is 13.3. The van der Waals surface area contributed by atoms with Crippen molar-refractivity contribution >= 4 is 17.2 Å². The van der Waals surface area contributed by atoms with Gasteiger partial charge in [-0.2, -0.15) is 0 Å². The van der Waals surface area contributed by atoms with Crippen LogP contribution in [0.1, 0.15) is 0 Å². The molecule has 0 amide bonds. The van der Waals surface area contributed by atoms with Crippen LogP contribution in [0.15, 0.2) is 30.3 Å². The molecule has 0 spiro atoms. The first-order valence-corrected chi connectivity index (χ1v) is 5.73. The molecule has 0 saturated carbocycles. The van der Waals surface area contributed by atoms with Crippen LogP contribution < -0.4 is 0 Å². The topological polar surface area (TPSA) is 142 Å². The Labute approximate surface area is 88.5 Å². The highest BCUT2D eigenvalue weighted by molar-refractivity contribution is 7.38. The predicted molar refractivity (Wildman–Crippen MR) is 55.3 cm³/mol. The average Bonchev–Trinajstić information content (AvgIpc) is 2.03. The van der Waals surface area contributed by atoms with Crippen LogP contribution in [-0.4, -0.2) is 34.5 Å². The summed E-state index contributed by atoms with van der Waals surface area (Å²) < 4.78 is 0. The molecule has 9 heteroatoms. The summed E-state index contributed by atoms with van der Waals surface area (Å²) in [4.78, 5) is 43.4. The third-order valence-corrected chi connectivity index (χ3v) is 0.756. The molecule has 0 aliphatic carbocycles. The smallest absolute Gasteiger partial charge is 0.324 e. The van der Waals surface area contributed by atoms with E-state index in [-0.39, 0.29) is 0 Å². The van der Waals surface area contributed by atoms with Gasteiger partial charge in [0.15, 0.2) is 0 Å². The van der Waals surface area contributed by atoms with Gasteiger partial charge in [-0.05, 0) is 12.1 Å². The molecule has 0 aliphatic rings. The minimum absolute atomic E-state index is 0.322. The molecule has 0 aliphatic heterocycles. The van der Waals surface area contributed by atoms with Gasteiger partial charge < -0.3 is 34.5 Å². The van der Waals surface area contributed by atoms with Crippen molar-refractivity contribution in [2.24, 2.45) is 0 Å². The summed E-state index contributed by atoms with van der Waals surface area (Å²) >= 11 is 0. The number of phenols is 1. The zero-order valence-corrected chi connectivity index (χ0v) is 9.20. The van der Waals surface area contributed by atoms with Gasteiger partial charge in [0, 0.05) is 0 Å². The maximum absolute atomic E-state index is 8.63. The van der Waals surface area contributed by atoms with E-state index >= 15 is 0 Å². The number of hydrogen-bond donors (Lipinski definition) is 7. The molecule has 7 nitrogen and oxygen atoms in total. The summed E-state index contributed by atoms with van der Waals surface area (Å²) in [5, 5.41) is 8.63. The number of hydrogen-bond acceptors (Lipinski definition) is 7. The summed E-state index contributed by atoms with van der Waals surface area (Å²) in [7, 11) is -5.24. The molecule has 1 aromatic carbocycles. The maximum Gasteiger partial charge on any atom is 0.324 e. The van der Waals surface area contributed by atoms with E-state index in [0.29, 0.717) is 5.75 Å². The van der Waals surface area contributed by atoms with Gasteiger partial charge in [0.1, 0.15) is 5.75 Å². The van der Waals surface area contributed by atoms with Crippen LogP contribution in [0.2, 0.25) is 0 Å². The molecule has 88 valence electrons. The van der Waals surface area contributed by atoms with Gasteiger partial charge in [-0.25, -0.2) is 0 Å². The first-order chi connectivity index (χ1) is 6.86. The Bertz CT molecular complexity index is 206. The van der Waals surface area contributed by atoms with E-state index in [0.717, 1.165) is 0 Å². The highest BCUT2D eigenvalue weighted by Crippen LogP contribution is 2.12. The standard InChI is InChI=1S/C6H6O.2H3O3P/c7-6-4-2-1-3-5-6;2*1-4(2)3/h1-5,7H;2*1-3H. The molecule has 0 atom stereocenters. The molecule has 0 aromatic heterocycles. The first-order valence-electron chi connectivity index (χ1n) is 3.33. The monoisotopic (exact) mass is 258 g/mol. The molecule has 1 rings (SSSR count). The molecule has 0 radical (unpaired) electrons. The summed E-state index contributed by atoms with van der Waals surface area (Å²) in [5.74, 6) is 0.322. The van der Waals surface area contributed by atoms with Gasteiger partial charge in [-0.1, -0.05) is 18.2 Å². The van der Waals surface area contributed by atoms with Gasteiger partial charge in [-0.15, -0.1) is 0 Å². The second-order valence-electron chi connectivity index (χ2n) is 1.87. The normalized spacial score (nSPS) is 8.80.